The molecular weight excluding hydrogens is 312 g/mol. The summed E-state index contributed by atoms with van der Waals surface area (Å²) in [5.41, 5.74) is 0.719. The van der Waals surface area contributed by atoms with Gasteiger partial charge in [-0.2, -0.15) is 0 Å². The van der Waals surface area contributed by atoms with Crippen LogP contribution in [0.15, 0.2) is 36.4 Å². The number of hydrogen-bond donors (Lipinski definition) is 2. The Morgan fingerprint density at radius 2 is 1.52 bits per heavy atom. The van der Waals surface area contributed by atoms with E-state index in [-0.39, 0.29) is 5.91 Å². The van der Waals surface area contributed by atoms with E-state index in [0.717, 1.165) is 4.88 Å². The Morgan fingerprint density at radius 1 is 0.957 bits per heavy atom. The van der Waals surface area contributed by atoms with Crippen LogP contribution in [0.2, 0.25) is 0 Å². The van der Waals surface area contributed by atoms with E-state index in [9.17, 15) is 9.59 Å². The number of rotatable bonds is 3. The predicted octanol–water partition coefficient (Wildman–Crippen LogP) is 4.66. The predicted molar refractivity (Wildman–Crippen MR) is 93.3 cm³/mol. The molecule has 0 saturated heterocycles. The van der Waals surface area contributed by atoms with Gasteiger partial charge in [-0.1, -0.05) is 0 Å². The molecule has 0 radical (unpaired) electrons. The average molecular weight is 332 g/mol. The van der Waals surface area contributed by atoms with E-state index < -0.39 is 11.7 Å². The molecule has 0 bridgehead atoms. The maximum absolute atomic E-state index is 12.1. The molecule has 1 aromatic carbocycles. The van der Waals surface area contributed by atoms with Gasteiger partial charge in [-0.25, -0.2) is 4.79 Å². The highest BCUT2D eigenvalue weighted by Gasteiger charge is 2.16. The third kappa shape index (κ3) is 5.41. The minimum absolute atomic E-state index is 0.143. The second-order valence-electron chi connectivity index (χ2n) is 6.07. The zero-order valence-electron chi connectivity index (χ0n) is 13.6. The smallest absolute Gasteiger partial charge is 0.412 e. The van der Waals surface area contributed by atoms with Gasteiger partial charge >= 0.3 is 6.09 Å². The number of anilines is 2. The van der Waals surface area contributed by atoms with E-state index in [1.54, 1.807) is 51.1 Å². The Hall–Kier alpha value is -2.34. The second-order valence-corrected chi connectivity index (χ2v) is 7.36. The topological polar surface area (TPSA) is 67.4 Å². The molecule has 0 atom stereocenters. The van der Waals surface area contributed by atoms with Crippen molar-refractivity contribution in [1.82, 2.24) is 0 Å². The molecule has 0 fully saturated rings. The zero-order chi connectivity index (χ0) is 17.0. The lowest BCUT2D eigenvalue weighted by Crippen LogP contribution is -2.27. The SMILES string of the molecule is Cc1ccc(C(=O)Nc2ccc(NC(=O)OC(C)(C)C)cc2)s1. The van der Waals surface area contributed by atoms with Gasteiger partial charge in [0.15, 0.2) is 0 Å². The lowest BCUT2D eigenvalue weighted by molar-refractivity contribution is 0.0635. The Labute approximate surface area is 139 Å². The normalized spacial score (nSPS) is 11.0. The maximum Gasteiger partial charge on any atom is 0.412 e. The first kappa shape index (κ1) is 17.0. The minimum Gasteiger partial charge on any atom is -0.444 e. The quantitative estimate of drug-likeness (QED) is 0.859. The molecule has 0 aliphatic carbocycles. The Morgan fingerprint density at radius 3 is 2.00 bits per heavy atom. The molecule has 1 heterocycles. The number of ether oxygens (including phenoxy) is 1. The standard InChI is InChI=1S/C17H20N2O3S/c1-11-5-10-14(23-11)15(20)18-12-6-8-13(9-7-12)19-16(21)22-17(2,3)4/h5-10H,1-4H3,(H,18,20)(H,19,21). The largest absolute Gasteiger partial charge is 0.444 e. The van der Waals surface area contributed by atoms with Crippen LogP contribution in [0.25, 0.3) is 0 Å². The summed E-state index contributed by atoms with van der Waals surface area (Å²) in [5, 5.41) is 5.46. The van der Waals surface area contributed by atoms with Gasteiger partial charge in [-0.15, -0.1) is 11.3 Å². The fourth-order valence-electron chi connectivity index (χ4n) is 1.81. The Balaban J connectivity index is 1.94. The molecule has 122 valence electrons. The molecule has 0 aliphatic heterocycles. The number of carbonyl (C=O) groups excluding carboxylic acids is 2. The van der Waals surface area contributed by atoms with Crippen molar-refractivity contribution in [1.29, 1.82) is 0 Å². The van der Waals surface area contributed by atoms with E-state index >= 15 is 0 Å². The Bertz CT molecular complexity index is 699. The monoisotopic (exact) mass is 332 g/mol. The van der Waals surface area contributed by atoms with E-state index in [0.29, 0.717) is 16.3 Å². The first-order valence-electron chi connectivity index (χ1n) is 7.21. The molecule has 6 heteroatoms. The van der Waals surface area contributed by atoms with E-state index in [2.05, 4.69) is 10.6 Å². The number of hydrogen-bond acceptors (Lipinski definition) is 4. The fourth-order valence-corrected chi connectivity index (χ4v) is 2.57. The van der Waals surface area contributed by atoms with Crippen molar-refractivity contribution in [3.8, 4) is 0 Å². The average Bonchev–Trinajstić information content (AvgIpc) is 2.85. The van der Waals surface area contributed by atoms with Crippen LogP contribution in [0, 0.1) is 6.92 Å². The van der Waals surface area contributed by atoms with Crippen LogP contribution in [-0.2, 0) is 4.74 Å². The van der Waals surface area contributed by atoms with E-state index in [1.165, 1.54) is 11.3 Å². The highest BCUT2D eigenvalue weighted by atomic mass is 32.1. The number of thiophene rings is 1. The summed E-state index contributed by atoms with van der Waals surface area (Å²) in [7, 11) is 0. The molecule has 0 aliphatic rings. The van der Waals surface area contributed by atoms with Crippen molar-refractivity contribution in [2.24, 2.45) is 0 Å². The number of nitrogens with one attached hydrogen (secondary N) is 2. The van der Waals surface area contributed by atoms with Crippen molar-refractivity contribution in [3.05, 3.63) is 46.2 Å². The number of carbonyl (C=O) groups is 2. The van der Waals surface area contributed by atoms with Crippen LogP contribution >= 0.6 is 11.3 Å². The van der Waals surface area contributed by atoms with Crippen LogP contribution in [0.3, 0.4) is 0 Å². The summed E-state index contributed by atoms with van der Waals surface area (Å²) in [6.45, 7) is 7.37. The summed E-state index contributed by atoms with van der Waals surface area (Å²) >= 11 is 1.45. The molecule has 0 unspecified atom stereocenters. The van der Waals surface area contributed by atoms with Crippen molar-refractivity contribution in [2.45, 2.75) is 33.3 Å². The molecule has 2 aromatic rings. The lowest BCUT2D eigenvalue weighted by atomic mass is 10.2. The van der Waals surface area contributed by atoms with Gasteiger partial charge in [-0.05, 0) is 64.1 Å². The number of amides is 2. The molecule has 2 rings (SSSR count). The van der Waals surface area contributed by atoms with Crippen molar-refractivity contribution in [3.63, 3.8) is 0 Å². The summed E-state index contributed by atoms with van der Waals surface area (Å²) < 4.78 is 5.18. The van der Waals surface area contributed by atoms with Crippen LogP contribution in [0.4, 0.5) is 16.2 Å². The maximum atomic E-state index is 12.1. The molecule has 2 amide bonds. The third-order valence-electron chi connectivity index (χ3n) is 2.75. The molecule has 5 nitrogen and oxygen atoms in total. The van der Waals surface area contributed by atoms with Gasteiger partial charge < -0.3 is 10.1 Å². The van der Waals surface area contributed by atoms with Gasteiger partial charge in [0.05, 0.1) is 4.88 Å². The summed E-state index contributed by atoms with van der Waals surface area (Å²) in [6.07, 6.45) is -0.511. The van der Waals surface area contributed by atoms with Gasteiger partial charge in [-0.3, -0.25) is 10.1 Å². The first-order valence-corrected chi connectivity index (χ1v) is 8.02. The van der Waals surface area contributed by atoms with Crippen molar-refractivity contribution < 1.29 is 14.3 Å². The fraction of sp³-hybridized carbons (Fsp3) is 0.294. The lowest BCUT2D eigenvalue weighted by Gasteiger charge is -2.19. The molecule has 0 saturated carbocycles. The first-order chi connectivity index (χ1) is 10.7. The summed E-state index contributed by atoms with van der Waals surface area (Å²) in [5.74, 6) is -0.143. The van der Waals surface area contributed by atoms with E-state index in [4.69, 9.17) is 4.74 Å². The second kappa shape index (κ2) is 6.83. The summed E-state index contributed by atoms with van der Waals surface area (Å²) in [4.78, 5) is 25.5. The van der Waals surface area contributed by atoms with Gasteiger partial charge in [0.2, 0.25) is 0 Å². The molecule has 0 spiro atoms. The number of aryl methyl sites for hydroxylation is 1. The molecule has 23 heavy (non-hydrogen) atoms. The van der Waals surface area contributed by atoms with Gasteiger partial charge in [0.1, 0.15) is 5.60 Å². The zero-order valence-corrected chi connectivity index (χ0v) is 14.4. The highest BCUT2D eigenvalue weighted by Crippen LogP contribution is 2.19. The van der Waals surface area contributed by atoms with Crippen LogP contribution in [0.1, 0.15) is 35.3 Å². The third-order valence-corrected chi connectivity index (χ3v) is 3.75. The number of benzene rings is 1. The van der Waals surface area contributed by atoms with Crippen molar-refractivity contribution in [2.75, 3.05) is 10.6 Å². The Kier molecular flexibility index (Phi) is 5.05. The minimum atomic E-state index is -0.545. The van der Waals surface area contributed by atoms with Gasteiger partial charge in [0.25, 0.3) is 5.91 Å². The van der Waals surface area contributed by atoms with Crippen LogP contribution in [0.5, 0.6) is 0 Å². The summed E-state index contributed by atoms with van der Waals surface area (Å²) in [6, 6.07) is 10.6. The van der Waals surface area contributed by atoms with Gasteiger partial charge in [0, 0.05) is 16.3 Å². The van der Waals surface area contributed by atoms with E-state index in [1.807, 2.05) is 13.0 Å². The van der Waals surface area contributed by atoms with Crippen molar-refractivity contribution >= 4 is 34.7 Å². The molecular formula is C17H20N2O3S. The molecule has 2 N–H and O–H groups in total. The van der Waals surface area contributed by atoms with Crippen LogP contribution in [-0.4, -0.2) is 17.6 Å². The molecule has 1 aromatic heterocycles. The van der Waals surface area contributed by atoms with Crippen LogP contribution < -0.4 is 10.6 Å². The highest BCUT2D eigenvalue weighted by molar-refractivity contribution is 7.14.